The van der Waals surface area contributed by atoms with Gasteiger partial charge in [0.2, 0.25) is 0 Å². The van der Waals surface area contributed by atoms with Gasteiger partial charge in [0, 0.05) is 24.7 Å². The van der Waals surface area contributed by atoms with E-state index in [9.17, 15) is 0 Å². The Labute approximate surface area is 190 Å². The molecule has 164 valence electrons. The van der Waals surface area contributed by atoms with E-state index in [0.29, 0.717) is 0 Å². The van der Waals surface area contributed by atoms with E-state index in [1.807, 2.05) is 0 Å². The highest BCUT2D eigenvalue weighted by atomic mass is 16.5. The maximum absolute atomic E-state index is 6.15. The summed E-state index contributed by atoms with van der Waals surface area (Å²) in [5, 5.41) is 0. The topological polar surface area (TPSA) is 30.3 Å². The summed E-state index contributed by atoms with van der Waals surface area (Å²) in [7, 11) is 0. The minimum Gasteiger partial charge on any atom is -0.493 e. The lowest BCUT2D eigenvalue weighted by Crippen LogP contribution is -2.21. The Morgan fingerprint density at radius 1 is 0.906 bits per heavy atom. The lowest BCUT2D eigenvalue weighted by Gasteiger charge is -2.14. The van der Waals surface area contributed by atoms with E-state index in [1.54, 1.807) is 0 Å². The lowest BCUT2D eigenvalue weighted by molar-refractivity contribution is 0.263. The predicted octanol–water partition coefficient (Wildman–Crippen LogP) is 5.92. The Balaban J connectivity index is 1.43. The summed E-state index contributed by atoms with van der Waals surface area (Å²) in [6.45, 7) is 7.27. The number of aromatic nitrogens is 2. The molecular formula is C28H31N3O. The molecule has 4 aromatic rings. The van der Waals surface area contributed by atoms with Crippen molar-refractivity contribution in [3.05, 3.63) is 83.9 Å². The van der Waals surface area contributed by atoms with Crippen molar-refractivity contribution in [1.29, 1.82) is 0 Å². The molecule has 1 fully saturated rings. The van der Waals surface area contributed by atoms with Crippen LogP contribution in [0.2, 0.25) is 0 Å². The standard InChI is InChI=1S/C28H31N3O/c1-22-9-7-12-24(19-22)28-29-26-14-13-25(32-18-8-17-30-15-5-6-16-30)20-27(26)31(28)21-23-10-3-2-4-11-23/h2-4,7,9-14,19-20H,5-6,8,15-18,21H2,1H3. The molecule has 2 heterocycles. The molecule has 4 heteroatoms. The van der Waals surface area contributed by atoms with E-state index in [0.717, 1.165) is 54.3 Å². The number of fused-ring (bicyclic) bond motifs is 1. The third kappa shape index (κ3) is 4.71. The Morgan fingerprint density at radius 2 is 1.75 bits per heavy atom. The van der Waals surface area contributed by atoms with Crippen LogP contribution in [0.1, 0.15) is 30.4 Å². The molecule has 0 atom stereocenters. The van der Waals surface area contributed by atoms with E-state index >= 15 is 0 Å². The van der Waals surface area contributed by atoms with Crippen molar-refractivity contribution in [2.24, 2.45) is 0 Å². The van der Waals surface area contributed by atoms with Crippen molar-refractivity contribution in [3.8, 4) is 17.1 Å². The molecule has 0 unspecified atom stereocenters. The number of hydrogen-bond donors (Lipinski definition) is 0. The van der Waals surface area contributed by atoms with Crippen LogP contribution in [-0.4, -0.2) is 40.7 Å². The number of rotatable bonds is 8. The van der Waals surface area contributed by atoms with Crippen LogP contribution in [0.4, 0.5) is 0 Å². The van der Waals surface area contributed by atoms with Crippen LogP contribution < -0.4 is 4.74 Å². The molecule has 5 rings (SSSR count). The number of hydrogen-bond acceptors (Lipinski definition) is 3. The Hall–Kier alpha value is -3.11. The largest absolute Gasteiger partial charge is 0.493 e. The van der Waals surface area contributed by atoms with Gasteiger partial charge >= 0.3 is 0 Å². The first-order chi connectivity index (χ1) is 15.8. The van der Waals surface area contributed by atoms with Gasteiger partial charge in [-0.3, -0.25) is 0 Å². The van der Waals surface area contributed by atoms with Crippen molar-refractivity contribution in [2.75, 3.05) is 26.2 Å². The van der Waals surface area contributed by atoms with Gasteiger partial charge in [-0.1, -0.05) is 54.1 Å². The lowest BCUT2D eigenvalue weighted by atomic mass is 10.1. The number of ether oxygens (including phenoxy) is 1. The van der Waals surface area contributed by atoms with Crippen molar-refractivity contribution in [2.45, 2.75) is 32.7 Å². The second-order valence-electron chi connectivity index (χ2n) is 8.78. The normalized spacial score (nSPS) is 14.3. The van der Waals surface area contributed by atoms with Crippen LogP contribution in [0.25, 0.3) is 22.4 Å². The molecule has 0 spiro atoms. The van der Waals surface area contributed by atoms with Crippen LogP contribution >= 0.6 is 0 Å². The average Bonchev–Trinajstić information content (AvgIpc) is 3.46. The maximum Gasteiger partial charge on any atom is 0.141 e. The third-order valence-corrected chi connectivity index (χ3v) is 6.27. The molecule has 1 aliphatic rings. The summed E-state index contributed by atoms with van der Waals surface area (Å²) < 4.78 is 8.46. The minimum atomic E-state index is 0.750. The molecule has 4 nitrogen and oxygen atoms in total. The van der Waals surface area contributed by atoms with E-state index in [-0.39, 0.29) is 0 Å². The van der Waals surface area contributed by atoms with Gasteiger partial charge in [0.15, 0.2) is 0 Å². The quantitative estimate of drug-likeness (QED) is 0.328. The van der Waals surface area contributed by atoms with Crippen LogP contribution in [0.15, 0.2) is 72.8 Å². The fraction of sp³-hybridized carbons (Fsp3) is 0.321. The van der Waals surface area contributed by atoms with Crippen LogP contribution in [0.5, 0.6) is 5.75 Å². The number of benzene rings is 3. The van der Waals surface area contributed by atoms with Crippen molar-refractivity contribution >= 4 is 11.0 Å². The van der Waals surface area contributed by atoms with Crippen molar-refractivity contribution in [3.63, 3.8) is 0 Å². The summed E-state index contributed by atoms with van der Waals surface area (Å²) in [6, 6.07) is 25.5. The van der Waals surface area contributed by atoms with Crippen LogP contribution in [0, 0.1) is 6.92 Å². The maximum atomic E-state index is 6.15. The first-order valence-corrected chi connectivity index (χ1v) is 11.7. The molecule has 3 aromatic carbocycles. The van der Waals surface area contributed by atoms with Gasteiger partial charge < -0.3 is 14.2 Å². The molecule has 0 amide bonds. The van der Waals surface area contributed by atoms with Gasteiger partial charge in [-0.05, 0) is 63.0 Å². The molecule has 0 N–H and O–H groups in total. The smallest absolute Gasteiger partial charge is 0.141 e. The zero-order valence-corrected chi connectivity index (χ0v) is 18.8. The first-order valence-electron chi connectivity index (χ1n) is 11.7. The average molecular weight is 426 g/mol. The van der Waals surface area contributed by atoms with Crippen molar-refractivity contribution in [1.82, 2.24) is 14.5 Å². The van der Waals surface area contributed by atoms with E-state index < -0.39 is 0 Å². The van der Waals surface area contributed by atoms with E-state index in [1.165, 1.54) is 37.1 Å². The summed E-state index contributed by atoms with van der Waals surface area (Å²) in [5.74, 6) is 1.92. The molecule has 1 aromatic heterocycles. The fourth-order valence-corrected chi connectivity index (χ4v) is 4.61. The zero-order valence-electron chi connectivity index (χ0n) is 18.8. The SMILES string of the molecule is Cc1cccc(-c2nc3ccc(OCCCN4CCCC4)cc3n2Cc2ccccc2)c1. The highest BCUT2D eigenvalue weighted by molar-refractivity contribution is 5.82. The highest BCUT2D eigenvalue weighted by Crippen LogP contribution is 2.29. The molecule has 0 saturated carbocycles. The van der Waals surface area contributed by atoms with Gasteiger partial charge in [-0.25, -0.2) is 4.98 Å². The van der Waals surface area contributed by atoms with Gasteiger partial charge in [0.1, 0.15) is 11.6 Å². The Morgan fingerprint density at radius 3 is 2.56 bits per heavy atom. The summed E-state index contributed by atoms with van der Waals surface area (Å²) in [4.78, 5) is 7.55. The number of aryl methyl sites for hydroxylation is 1. The summed E-state index contributed by atoms with van der Waals surface area (Å²) in [6.07, 6.45) is 3.74. The zero-order chi connectivity index (χ0) is 21.8. The summed E-state index contributed by atoms with van der Waals surface area (Å²) >= 11 is 0. The van der Waals surface area contributed by atoms with Crippen LogP contribution in [0.3, 0.4) is 0 Å². The van der Waals surface area contributed by atoms with Gasteiger partial charge in [0.05, 0.1) is 17.6 Å². The third-order valence-electron chi connectivity index (χ3n) is 6.27. The van der Waals surface area contributed by atoms with E-state index in [2.05, 4.69) is 89.2 Å². The van der Waals surface area contributed by atoms with Gasteiger partial charge in [-0.2, -0.15) is 0 Å². The number of likely N-dealkylation sites (tertiary alicyclic amines) is 1. The summed E-state index contributed by atoms with van der Waals surface area (Å²) in [5.41, 5.74) is 5.76. The Kier molecular flexibility index (Phi) is 6.22. The number of imidazole rings is 1. The first kappa shape index (κ1) is 20.8. The minimum absolute atomic E-state index is 0.750. The molecule has 32 heavy (non-hydrogen) atoms. The van der Waals surface area contributed by atoms with E-state index in [4.69, 9.17) is 9.72 Å². The predicted molar refractivity (Wildman–Crippen MR) is 131 cm³/mol. The molecule has 0 bridgehead atoms. The molecule has 0 aliphatic carbocycles. The van der Waals surface area contributed by atoms with Crippen LogP contribution in [-0.2, 0) is 6.54 Å². The highest BCUT2D eigenvalue weighted by Gasteiger charge is 2.15. The van der Waals surface area contributed by atoms with Crippen molar-refractivity contribution < 1.29 is 4.74 Å². The second-order valence-corrected chi connectivity index (χ2v) is 8.78. The van der Waals surface area contributed by atoms with Gasteiger partial charge in [0.25, 0.3) is 0 Å². The number of nitrogens with zero attached hydrogens (tertiary/aromatic N) is 3. The second kappa shape index (κ2) is 9.58. The Bertz CT molecular complexity index is 1180. The molecular weight excluding hydrogens is 394 g/mol. The molecule has 0 radical (unpaired) electrons. The van der Waals surface area contributed by atoms with Gasteiger partial charge in [-0.15, -0.1) is 0 Å². The molecule has 1 saturated heterocycles. The monoisotopic (exact) mass is 425 g/mol. The fourth-order valence-electron chi connectivity index (χ4n) is 4.61. The molecule has 1 aliphatic heterocycles.